The summed E-state index contributed by atoms with van der Waals surface area (Å²) in [5, 5.41) is 0.0978. The summed E-state index contributed by atoms with van der Waals surface area (Å²) in [5.41, 5.74) is 0. The first-order valence-electron chi connectivity index (χ1n) is 5.36. The molecular formula is C12H16OS. The molecule has 0 aromatic rings. The predicted molar refractivity (Wildman–Crippen MR) is 61.5 cm³/mol. The van der Waals surface area contributed by atoms with E-state index in [0.717, 1.165) is 11.7 Å². The topological polar surface area (TPSA) is 17.1 Å². The summed E-state index contributed by atoms with van der Waals surface area (Å²) in [5.74, 6) is 2.29. The second-order valence-electron chi connectivity index (χ2n) is 4.05. The third kappa shape index (κ3) is 2.50. The van der Waals surface area contributed by atoms with E-state index in [-0.39, 0.29) is 11.0 Å². The maximum atomic E-state index is 11.4. The number of thioether (sulfide) groups is 1. The van der Waals surface area contributed by atoms with E-state index in [2.05, 4.69) is 0 Å². The highest BCUT2D eigenvalue weighted by Crippen LogP contribution is 2.30. The number of allylic oxidation sites excluding steroid dienone is 3. The molecule has 1 unspecified atom stereocenters. The van der Waals surface area contributed by atoms with Crippen LogP contribution in [0.1, 0.15) is 25.7 Å². The third-order valence-electron chi connectivity index (χ3n) is 2.92. The summed E-state index contributed by atoms with van der Waals surface area (Å²) in [4.78, 5) is 11.4. The van der Waals surface area contributed by atoms with Gasteiger partial charge in [0.25, 0.3) is 0 Å². The molecule has 0 amide bonds. The van der Waals surface area contributed by atoms with Gasteiger partial charge in [0.15, 0.2) is 5.78 Å². The van der Waals surface area contributed by atoms with Crippen LogP contribution < -0.4 is 0 Å². The van der Waals surface area contributed by atoms with Gasteiger partial charge in [-0.3, -0.25) is 4.79 Å². The Balaban J connectivity index is 1.77. The largest absolute Gasteiger partial charge is 0.293 e. The molecule has 14 heavy (non-hydrogen) atoms. The highest BCUT2D eigenvalue weighted by Gasteiger charge is 2.20. The Bertz CT molecular complexity index is 261. The number of carbonyl (C=O) groups is 1. The van der Waals surface area contributed by atoms with Gasteiger partial charge in [0, 0.05) is 0 Å². The molecule has 0 spiro atoms. The highest BCUT2D eigenvalue weighted by molar-refractivity contribution is 8.00. The molecule has 0 aromatic carbocycles. The Morgan fingerprint density at radius 2 is 2.07 bits per heavy atom. The molecule has 1 fully saturated rings. The fourth-order valence-electron chi connectivity index (χ4n) is 2.06. The summed E-state index contributed by atoms with van der Waals surface area (Å²) in [7, 11) is 0. The molecule has 1 nitrogen and oxygen atoms in total. The van der Waals surface area contributed by atoms with Gasteiger partial charge in [-0.05, 0) is 30.6 Å². The van der Waals surface area contributed by atoms with Crippen LogP contribution in [-0.2, 0) is 4.79 Å². The molecule has 1 saturated carbocycles. The molecule has 2 aliphatic rings. The molecule has 0 N–H and O–H groups in total. The molecular weight excluding hydrogens is 192 g/mol. The minimum atomic E-state index is 0.0978. The summed E-state index contributed by atoms with van der Waals surface area (Å²) < 4.78 is 0. The first kappa shape index (κ1) is 10.0. The molecule has 0 bridgehead atoms. The zero-order valence-corrected chi connectivity index (χ0v) is 9.13. The predicted octanol–water partition coefficient (Wildman–Crippen LogP) is 2.97. The highest BCUT2D eigenvalue weighted by atomic mass is 32.2. The van der Waals surface area contributed by atoms with Crippen molar-refractivity contribution in [3.05, 3.63) is 24.3 Å². The van der Waals surface area contributed by atoms with Gasteiger partial charge in [-0.2, -0.15) is 0 Å². The van der Waals surface area contributed by atoms with Crippen molar-refractivity contribution in [3.63, 3.8) is 0 Å². The van der Waals surface area contributed by atoms with Crippen LogP contribution in [0.15, 0.2) is 24.3 Å². The van der Waals surface area contributed by atoms with Gasteiger partial charge >= 0.3 is 0 Å². The van der Waals surface area contributed by atoms with Crippen molar-refractivity contribution >= 4 is 17.5 Å². The summed E-state index contributed by atoms with van der Waals surface area (Å²) in [6.45, 7) is 0. The number of ketones is 1. The second-order valence-corrected chi connectivity index (χ2v) is 5.23. The molecule has 0 aliphatic heterocycles. The minimum absolute atomic E-state index is 0.0978. The van der Waals surface area contributed by atoms with E-state index in [1.807, 2.05) is 30.0 Å². The van der Waals surface area contributed by atoms with Crippen LogP contribution in [0.3, 0.4) is 0 Å². The molecule has 76 valence electrons. The number of carbonyl (C=O) groups excluding carboxylic acids is 1. The van der Waals surface area contributed by atoms with Gasteiger partial charge < -0.3 is 0 Å². The molecule has 0 aromatic heterocycles. The van der Waals surface area contributed by atoms with Gasteiger partial charge in [0.1, 0.15) is 0 Å². The summed E-state index contributed by atoms with van der Waals surface area (Å²) in [6, 6.07) is 0. The van der Waals surface area contributed by atoms with Crippen molar-refractivity contribution in [2.24, 2.45) is 5.92 Å². The van der Waals surface area contributed by atoms with Crippen LogP contribution in [0.5, 0.6) is 0 Å². The normalized spacial score (nSPS) is 27.4. The lowest BCUT2D eigenvalue weighted by molar-refractivity contribution is -0.113. The molecule has 0 saturated heterocycles. The van der Waals surface area contributed by atoms with Crippen molar-refractivity contribution < 1.29 is 4.79 Å². The number of hydrogen-bond acceptors (Lipinski definition) is 2. The van der Waals surface area contributed by atoms with E-state index < -0.39 is 0 Å². The van der Waals surface area contributed by atoms with Crippen LogP contribution in [-0.4, -0.2) is 16.8 Å². The first-order valence-corrected chi connectivity index (χ1v) is 6.41. The Kier molecular flexibility index (Phi) is 3.46. The van der Waals surface area contributed by atoms with E-state index >= 15 is 0 Å². The molecule has 2 heteroatoms. The molecule has 1 atom stereocenters. The number of hydrogen-bond donors (Lipinski definition) is 0. The fourth-order valence-corrected chi connectivity index (χ4v) is 3.32. The Morgan fingerprint density at radius 1 is 1.29 bits per heavy atom. The standard InChI is InChI=1S/C12H16OS/c13-11-7-3-4-8-12(11)14-9-10-5-1-2-6-10/h3-4,7-8,10,12H,1-2,5-6,9H2. The maximum absolute atomic E-state index is 11.4. The monoisotopic (exact) mass is 208 g/mol. The van der Waals surface area contributed by atoms with Crippen LogP contribution in [0.2, 0.25) is 0 Å². The lowest BCUT2D eigenvalue weighted by atomic mass is 10.1. The zero-order valence-electron chi connectivity index (χ0n) is 8.32. The lowest BCUT2D eigenvalue weighted by Gasteiger charge is -2.14. The quantitative estimate of drug-likeness (QED) is 0.709. The van der Waals surface area contributed by atoms with E-state index in [9.17, 15) is 4.79 Å². The van der Waals surface area contributed by atoms with Gasteiger partial charge in [0.2, 0.25) is 0 Å². The Labute approximate surface area is 89.6 Å². The molecule has 2 aliphatic carbocycles. The maximum Gasteiger partial charge on any atom is 0.172 e. The van der Waals surface area contributed by atoms with Crippen molar-refractivity contribution in [2.75, 3.05) is 5.75 Å². The number of rotatable bonds is 3. The van der Waals surface area contributed by atoms with Crippen molar-refractivity contribution in [1.82, 2.24) is 0 Å². The van der Waals surface area contributed by atoms with Crippen molar-refractivity contribution in [1.29, 1.82) is 0 Å². The molecule has 0 radical (unpaired) electrons. The van der Waals surface area contributed by atoms with Crippen LogP contribution in [0.4, 0.5) is 0 Å². The van der Waals surface area contributed by atoms with Gasteiger partial charge in [-0.1, -0.05) is 31.1 Å². The fraction of sp³-hybridized carbons (Fsp3) is 0.583. The van der Waals surface area contributed by atoms with E-state index in [0.29, 0.717) is 0 Å². The van der Waals surface area contributed by atoms with Crippen LogP contribution in [0, 0.1) is 5.92 Å². The Hall–Kier alpha value is -0.500. The summed E-state index contributed by atoms with van der Waals surface area (Å²) in [6.07, 6.45) is 13.0. The van der Waals surface area contributed by atoms with E-state index in [1.165, 1.54) is 25.7 Å². The van der Waals surface area contributed by atoms with Gasteiger partial charge in [0.05, 0.1) is 5.25 Å². The van der Waals surface area contributed by atoms with Crippen LogP contribution >= 0.6 is 11.8 Å². The molecule has 2 rings (SSSR count). The minimum Gasteiger partial charge on any atom is -0.293 e. The van der Waals surface area contributed by atoms with Crippen molar-refractivity contribution in [2.45, 2.75) is 30.9 Å². The molecule has 0 heterocycles. The van der Waals surface area contributed by atoms with Crippen molar-refractivity contribution in [3.8, 4) is 0 Å². The lowest BCUT2D eigenvalue weighted by Crippen LogP contribution is -2.15. The second kappa shape index (κ2) is 4.83. The average molecular weight is 208 g/mol. The first-order chi connectivity index (χ1) is 6.86. The third-order valence-corrected chi connectivity index (χ3v) is 4.34. The van der Waals surface area contributed by atoms with E-state index in [4.69, 9.17) is 0 Å². The van der Waals surface area contributed by atoms with E-state index in [1.54, 1.807) is 6.08 Å². The summed E-state index contributed by atoms with van der Waals surface area (Å²) >= 11 is 1.82. The Morgan fingerprint density at radius 3 is 2.79 bits per heavy atom. The smallest absolute Gasteiger partial charge is 0.172 e. The van der Waals surface area contributed by atoms with Gasteiger partial charge in [-0.25, -0.2) is 0 Å². The van der Waals surface area contributed by atoms with Gasteiger partial charge in [-0.15, -0.1) is 11.8 Å². The van der Waals surface area contributed by atoms with Crippen LogP contribution in [0.25, 0.3) is 0 Å². The average Bonchev–Trinajstić information content (AvgIpc) is 2.69. The SMILES string of the molecule is O=C1C=CC=CC1SCC1CCCC1. The zero-order chi connectivity index (χ0) is 9.80.